The van der Waals surface area contributed by atoms with Crippen molar-refractivity contribution in [3.63, 3.8) is 0 Å². The summed E-state index contributed by atoms with van der Waals surface area (Å²) in [5, 5.41) is 8.05. The Hall–Kier alpha value is -2.16. The van der Waals surface area contributed by atoms with Gasteiger partial charge in [0.1, 0.15) is 10.8 Å². The summed E-state index contributed by atoms with van der Waals surface area (Å²) in [6.07, 6.45) is 8.71. The fraction of sp³-hybridized carbons (Fsp3) is 0.643. The monoisotopic (exact) mass is 531 g/mol. The second kappa shape index (κ2) is 12.1. The summed E-state index contributed by atoms with van der Waals surface area (Å²) >= 11 is 6.50. The molecule has 9 heteroatoms. The largest absolute Gasteiger partial charge is 0.382 e. The predicted molar refractivity (Wildman–Crippen MR) is 146 cm³/mol. The van der Waals surface area contributed by atoms with Gasteiger partial charge in [-0.3, -0.25) is 4.79 Å². The first-order chi connectivity index (χ1) is 18.0. The molecule has 2 atom stereocenters. The van der Waals surface area contributed by atoms with Gasteiger partial charge < -0.3 is 19.9 Å². The van der Waals surface area contributed by atoms with E-state index in [1.165, 1.54) is 6.42 Å². The molecule has 2 saturated heterocycles. The Morgan fingerprint density at radius 1 is 1.14 bits per heavy atom. The molecule has 1 aliphatic carbocycles. The third-order valence-electron chi connectivity index (χ3n) is 8.33. The van der Waals surface area contributed by atoms with Gasteiger partial charge in [-0.1, -0.05) is 11.6 Å². The molecule has 2 aromatic rings. The first-order valence-corrected chi connectivity index (χ1v) is 14.2. The first-order valence-electron chi connectivity index (χ1n) is 13.8. The van der Waals surface area contributed by atoms with Crippen LogP contribution >= 0.6 is 11.6 Å². The number of hydrogen-bond donors (Lipinski definition) is 1. The van der Waals surface area contributed by atoms with E-state index < -0.39 is 0 Å². The van der Waals surface area contributed by atoms with Crippen molar-refractivity contribution in [3.8, 4) is 0 Å². The third kappa shape index (κ3) is 6.47. The molecule has 0 bridgehead atoms. The molecule has 3 fully saturated rings. The number of hydrogen-bond acceptors (Lipinski definition) is 6. The van der Waals surface area contributed by atoms with Crippen LogP contribution in [0.3, 0.4) is 0 Å². The Bertz CT molecular complexity index is 1080. The van der Waals surface area contributed by atoms with Crippen LogP contribution < -0.4 is 15.8 Å². The van der Waals surface area contributed by atoms with Crippen LogP contribution in [0.5, 0.6) is 0 Å². The molecule has 1 N–H and O–H groups in total. The van der Waals surface area contributed by atoms with Gasteiger partial charge in [0.05, 0.1) is 24.5 Å². The van der Waals surface area contributed by atoms with Crippen molar-refractivity contribution in [2.75, 3.05) is 56.7 Å². The van der Waals surface area contributed by atoms with Crippen molar-refractivity contribution in [1.82, 2.24) is 14.7 Å². The van der Waals surface area contributed by atoms with E-state index in [1.807, 2.05) is 12.1 Å². The number of likely N-dealkylation sites (tertiary alicyclic amines) is 1. The molecular formula is C28H39ClFN5O2. The van der Waals surface area contributed by atoms with Crippen LogP contribution in [0.2, 0.25) is 5.02 Å². The first kappa shape index (κ1) is 26.4. The van der Waals surface area contributed by atoms with E-state index in [0.29, 0.717) is 23.6 Å². The second-order valence-corrected chi connectivity index (χ2v) is 11.5. The predicted octanol–water partition coefficient (Wildman–Crippen LogP) is 4.82. The van der Waals surface area contributed by atoms with Gasteiger partial charge >= 0.3 is 0 Å². The third-order valence-corrected chi connectivity index (χ3v) is 8.70. The normalized spacial score (nSPS) is 26.8. The zero-order valence-corrected chi connectivity index (χ0v) is 22.5. The van der Waals surface area contributed by atoms with Crippen molar-refractivity contribution in [2.45, 2.75) is 57.0 Å². The average molecular weight is 532 g/mol. The smallest absolute Gasteiger partial charge is 0.287 e. The van der Waals surface area contributed by atoms with Crippen molar-refractivity contribution >= 4 is 23.0 Å². The molecule has 5 rings (SSSR count). The fourth-order valence-corrected chi connectivity index (χ4v) is 6.42. The summed E-state index contributed by atoms with van der Waals surface area (Å²) in [5.41, 5.74) is 1.46. The summed E-state index contributed by atoms with van der Waals surface area (Å²) in [5.74, 6) is 0.827. The lowest BCUT2D eigenvalue weighted by molar-refractivity contribution is 0.0595. The Morgan fingerprint density at radius 3 is 2.59 bits per heavy atom. The molecule has 7 nitrogen and oxygen atoms in total. The maximum absolute atomic E-state index is 13.6. The van der Waals surface area contributed by atoms with Crippen molar-refractivity contribution in [1.29, 1.82) is 0 Å². The Labute approximate surface area is 223 Å². The minimum absolute atomic E-state index is 0.0368. The number of nitrogens with one attached hydrogen (secondary N) is 1. The zero-order chi connectivity index (χ0) is 25.8. The molecule has 3 aliphatic rings. The van der Waals surface area contributed by atoms with Gasteiger partial charge in [0, 0.05) is 38.0 Å². The topological polar surface area (TPSA) is 62.6 Å². The van der Waals surface area contributed by atoms with E-state index in [9.17, 15) is 9.18 Å². The number of anilines is 2. The van der Waals surface area contributed by atoms with Gasteiger partial charge in [-0.25, -0.2) is 9.07 Å². The maximum Gasteiger partial charge on any atom is 0.287 e. The molecule has 1 aromatic carbocycles. The van der Waals surface area contributed by atoms with Crippen molar-refractivity contribution in [3.05, 3.63) is 51.7 Å². The van der Waals surface area contributed by atoms with Crippen LogP contribution in [-0.2, 0) is 4.74 Å². The van der Waals surface area contributed by atoms with E-state index in [2.05, 4.69) is 27.3 Å². The average Bonchev–Trinajstić information content (AvgIpc) is 3.34. The number of nitrogens with zero attached hydrogens (tertiary/aromatic N) is 4. The quantitative estimate of drug-likeness (QED) is 0.527. The molecule has 1 aromatic heterocycles. The highest BCUT2D eigenvalue weighted by Gasteiger charge is 2.31. The standard InChI is InChI=1S/C28H39ClFN5O2/c1-33-13-12-21(17-33)18-34(23-6-4-22(30)5-7-23)24-8-10-25(11-9-24)35-28(36)27(29)26(16-32-35)31-15-20-3-2-14-37-19-20/h4-7,16,20-21,24-25,31H,2-3,8-15,17-19H2,1H3/t20-,21+,24?,25?/m0/s1. The second-order valence-electron chi connectivity index (χ2n) is 11.1. The highest BCUT2D eigenvalue weighted by molar-refractivity contribution is 6.32. The molecule has 1 saturated carbocycles. The molecule has 0 spiro atoms. The van der Waals surface area contributed by atoms with Gasteiger partial charge in [0.15, 0.2) is 0 Å². The van der Waals surface area contributed by atoms with Crippen LogP contribution in [0, 0.1) is 17.7 Å². The highest BCUT2D eigenvalue weighted by atomic mass is 35.5. The van der Waals surface area contributed by atoms with E-state index in [4.69, 9.17) is 16.3 Å². The molecule has 2 aliphatic heterocycles. The molecule has 0 amide bonds. The number of aromatic nitrogens is 2. The lowest BCUT2D eigenvalue weighted by Crippen LogP contribution is -2.43. The Kier molecular flexibility index (Phi) is 8.67. The van der Waals surface area contributed by atoms with Gasteiger partial charge in [-0.2, -0.15) is 5.10 Å². The molecule has 0 radical (unpaired) electrons. The van der Waals surface area contributed by atoms with Crippen LogP contribution in [0.4, 0.5) is 15.8 Å². The zero-order valence-electron chi connectivity index (χ0n) is 21.7. The van der Waals surface area contributed by atoms with Gasteiger partial charge in [0.25, 0.3) is 5.56 Å². The van der Waals surface area contributed by atoms with Gasteiger partial charge in [-0.05, 0) is 94.6 Å². The van der Waals surface area contributed by atoms with E-state index >= 15 is 0 Å². The van der Waals surface area contributed by atoms with Crippen molar-refractivity contribution < 1.29 is 9.13 Å². The molecule has 37 heavy (non-hydrogen) atoms. The van der Waals surface area contributed by atoms with Crippen LogP contribution in [-0.4, -0.2) is 67.2 Å². The van der Waals surface area contributed by atoms with E-state index in [0.717, 1.165) is 83.6 Å². The lowest BCUT2D eigenvalue weighted by Gasteiger charge is -2.40. The lowest BCUT2D eigenvalue weighted by atomic mass is 9.89. The summed E-state index contributed by atoms with van der Waals surface area (Å²) in [6.45, 7) is 5.50. The van der Waals surface area contributed by atoms with Crippen LogP contribution in [0.15, 0.2) is 35.3 Å². The fourth-order valence-electron chi connectivity index (χ4n) is 6.22. The number of rotatable bonds is 8. The molecule has 3 heterocycles. The van der Waals surface area contributed by atoms with Crippen LogP contribution in [0.1, 0.15) is 51.0 Å². The minimum Gasteiger partial charge on any atom is -0.382 e. The SMILES string of the molecule is CN1CC[C@@H](CN(c2ccc(F)cc2)C2CCC(n3ncc(NC[C@@H]4CCCOC4)c(Cl)c3=O)CC2)C1. The van der Waals surface area contributed by atoms with Gasteiger partial charge in [0.2, 0.25) is 0 Å². The highest BCUT2D eigenvalue weighted by Crippen LogP contribution is 2.34. The molecule has 0 unspecified atom stereocenters. The Balaban J connectivity index is 1.23. The number of halogens is 2. The molecule has 202 valence electrons. The molecular weight excluding hydrogens is 493 g/mol. The number of benzene rings is 1. The summed E-state index contributed by atoms with van der Waals surface area (Å²) in [6, 6.07) is 7.30. The minimum atomic E-state index is -0.223. The van der Waals surface area contributed by atoms with Crippen molar-refractivity contribution in [2.24, 2.45) is 11.8 Å². The van der Waals surface area contributed by atoms with Gasteiger partial charge in [-0.15, -0.1) is 0 Å². The maximum atomic E-state index is 13.6. The summed E-state index contributed by atoms with van der Waals surface area (Å²) in [7, 11) is 2.18. The Morgan fingerprint density at radius 2 is 1.92 bits per heavy atom. The summed E-state index contributed by atoms with van der Waals surface area (Å²) < 4.78 is 20.8. The van der Waals surface area contributed by atoms with E-state index in [-0.39, 0.29) is 22.4 Å². The van der Waals surface area contributed by atoms with Crippen LogP contribution in [0.25, 0.3) is 0 Å². The number of ether oxygens (including phenoxy) is 1. The summed E-state index contributed by atoms with van der Waals surface area (Å²) in [4.78, 5) is 18.0. The van der Waals surface area contributed by atoms with E-state index in [1.54, 1.807) is 23.0 Å².